The Hall–Kier alpha value is -0.0400. The minimum absolute atomic E-state index is 0.921. The Balaban J connectivity index is 1.85. The van der Waals surface area contributed by atoms with Gasteiger partial charge in [-0.2, -0.15) is 0 Å². The molecule has 2 fully saturated rings. The van der Waals surface area contributed by atoms with Crippen LogP contribution in [-0.4, -0.2) is 6.54 Å². The Morgan fingerprint density at radius 2 is 1.56 bits per heavy atom. The number of nitrogens with two attached hydrogens (primary N) is 1. The summed E-state index contributed by atoms with van der Waals surface area (Å²) in [4.78, 5) is 0. The van der Waals surface area contributed by atoms with E-state index in [0.717, 1.165) is 24.3 Å². The average Bonchev–Trinajstić information content (AvgIpc) is 2.61. The van der Waals surface area contributed by atoms with Crippen molar-refractivity contribution in [3.63, 3.8) is 0 Å². The molecule has 2 aliphatic carbocycles. The molecule has 0 amide bonds. The fraction of sp³-hybridized carbons (Fsp3) is 1.00. The molecule has 2 saturated carbocycles. The van der Waals surface area contributed by atoms with Crippen LogP contribution in [-0.2, 0) is 0 Å². The summed E-state index contributed by atoms with van der Waals surface area (Å²) < 4.78 is 0. The molecule has 0 bridgehead atoms. The highest BCUT2D eigenvalue weighted by molar-refractivity contribution is 4.91. The van der Waals surface area contributed by atoms with Crippen LogP contribution in [0.15, 0.2) is 0 Å². The van der Waals surface area contributed by atoms with Crippen molar-refractivity contribution in [2.24, 2.45) is 23.5 Å². The molecule has 2 aliphatic rings. The normalized spacial score (nSPS) is 27.3. The molecule has 1 heteroatoms. The van der Waals surface area contributed by atoms with Gasteiger partial charge in [0.05, 0.1) is 0 Å². The van der Waals surface area contributed by atoms with Gasteiger partial charge in [0.1, 0.15) is 0 Å². The molecule has 2 rings (SSSR count). The van der Waals surface area contributed by atoms with Gasteiger partial charge < -0.3 is 5.73 Å². The largest absolute Gasteiger partial charge is 0.330 e. The van der Waals surface area contributed by atoms with Crippen molar-refractivity contribution in [1.82, 2.24) is 0 Å². The monoisotopic (exact) mass is 125 g/mol. The molecule has 2 N–H and O–H groups in total. The lowest BCUT2D eigenvalue weighted by atomic mass is 9.99. The van der Waals surface area contributed by atoms with Gasteiger partial charge in [-0.15, -0.1) is 0 Å². The molecule has 0 aromatic carbocycles. The lowest BCUT2D eigenvalue weighted by molar-refractivity contribution is 0.417. The molecular weight excluding hydrogens is 110 g/mol. The number of hydrogen-bond acceptors (Lipinski definition) is 1. The van der Waals surface area contributed by atoms with Crippen LogP contribution < -0.4 is 5.73 Å². The molecule has 0 aromatic rings. The Morgan fingerprint density at radius 1 is 1.11 bits per heavy atom. The summed E-state index contributed by atoms with van der Waals surface area (Å²) in [7, 11) is 0. The molecule has 52 valence electrons. The summed E-state index contributed by atoms with van der Waals surface area (Å²) in [5.41, 5.74) is 5.65. The van der Waals surface area contributed by atoms with Crippen molar-refractivity contribution in [3.05, 3.63) is 0 Å². The lowest BCUT2D eigenvalue weighted by Crippen LogP contribution is -2.17. The van der Waals surface area contributed by atoms with Gasteiger partial charge in [0, 0.05) is 0 Å². The third kappa shape index (κ3) is 1.11. The van der Waals surface area contributed by atoms with Crippen LogP contribution >= 0.6 is 0 Å². The van der Waals surface area contributed by atoms with Gasteiger partial charge in [-0.1, -0.05) is 0 Å². The zero-order chi connectivity index (χ0) is 6.27. The van der Waals surface area contributed by atoms with E-state index in [2.05, 4.69) is 0 Å². The first kappa shape index (κ1) is 5.72. The molecular formula is C8H15N. The quantitative estimate of drug-likeness (QED) is 0.606. The third-order valence-corrected chi connectivity index (χ3v) is 2.73. The van der Waals surface area contributed by atoms with Crippen LogP contribution in [0.25, 0.3) is 0 Å². The molecule has 0 unspecified atom stereocenters. The topological polar surface area (TPSA) is 26.0 Å². The Bertz CT molecular complexity index is 91.1. The first-order chi connectivity index (χ1) is 4.42. The zero-order valence-corrected chi connectivity index (χ0v) is 5.84. The predicted octanol–water partition coefficient (Wildman–Crippen LogP) is 1.38. The minimum atomic E-state index is 0.921. The Morgan fingerprint density at radius 3 is 1.78 bits per heavy atom. The van der Waals surface area contributed by atoms with Crippen molar-refractivity contribution in [3.8, 4) is 0 Å². The Kier molecular flexibility index (Phi) is 1.26. The molecule has 0 heterocycles. The van der Waals surface area contributed by atoms with Gasteiger partial charge in [-0.3, -0.25) is 0 Å². The van der Waals surface area contributed by atoms with E-state index >= 15 is 0 Å². The summed E-state index contributed by atoms with van der Waals surface area (Å²) >= 11 is 0. The van der Waals surface area contributed by atoms with Crippen LogP contribution in [0.2, 0.25) is 0 Å². The van der Waals surface area contributed by atoms with Crippen molar-refractivity contribution in [2.45, 2.75) is 25.7 Å². The van der Waals surface area contributed by atoms with Gasteiger partial charge >= 0.3 is 0 Å². The van der Waals surface area contributed by atoms with E-state index in [-0.39, 0.29) is 0 Å². The van der Waals surface area contributed by atoms with Crippen LogP contribution in [0.5, 0.6) is 0 Å². The molecule has 0 aromatic heterocycles. The van der Waals surface area contributed by atoms with Gasteiger partial charge in [-0.05, 0) is 50.0 Å². The van der Waals surface area contributed by atoms with E-state index < -0.39 is 0 Å². The van der Waals surface area contributed by atoms with E-state index in [1.165, 1.54) is 25.7 Å². The molecule has 0 radical (unpaired) electrons. The van der Waals surface area contributed by atoms with E-state index in [1.807, 2.05) is 0 Å². The van der Waals surface area contributed by atoms with Crippen LogP contribution in [0, 0.1) is 17.8 Å². The second-order valence-corrected chi connectivity index (χ2v) is 3.57. The van der Waals surface area contributed by atoms with Gasteiger partial charge in [0.25, 0.3) is 0 Å². The lowest BCUT2D eigenvalue weighted by Gasteiger charge is -2.10. The standard InChI is InChI=1S/C8H15N/c9-5-8(6-1-2-6)7-3-4-7/h6-8H,1-5,9H2. The Labute approximate surface area is 56.6 Å². The van der Waals surface area contributed by atoms with E-state index in [9.17, 15) is 0 Å². The van der Waals surface area contributed by atoms with Crippen molar-refractivity contribution in [1.29, 1.82) is 0 Å². The van der Waals surface area contributed by atoms with Crippen LogP contribution in [0.4, 0.5) is 0 Å². The highest BCUT2D eigenvalue weighted by Crippen LogP contribution is 2.48. The van der Waals surface area contributed by atoms with Gasteiger partial charge in [0.2, 0.25) is 0 Å². The zero-order valence-electron chi connectivity index (χ0n) is 5.84. The molecule has 0 saturated heterocycles. The summed E-state index contributed by atoms with van der Waals surface area (Å²) in [5.74, 6) is 3.01. The highest BCUT2D eigenvalue weighted by atomic mass is 14.6. The maximum atomic E-state index is 5.65. The molecule has 0 aliphatic heterocycles. The predicted molar refractivity (Wildman–Crippen MR) is 38.0 cm³/mol. The molecule has 0 atom stereocenters. The van der Waals surface area contributed by atoms with Gasteiger partial charge in [0.15, 0.2) is 0 Å². The van der Waals surface area contributed by atoms with Gasteiger partial charge in [-0.25, -0.2) is 0 Å². The molecule has 0 spiro atoms. The van der Waals surface area contributed by atoms with Crippen LogP contribution in [0.1, 0.15) is 25.7 Å². The minimum Gasteiger partial charge on any atom is -0.330 e. The first-order valence-electron chi connectivity index (χ1n) is 4.12. The number of hydrogen-bond donors (Lipinski definition) is 1. The van der Waals surface area contributed by atoms with E-state index in [1.54, 1.807) is 0 Å². The third-order valence-electron chi connectivity index (χ3n) is 2.73. The summed E-state index contributed by atoms with van der Waals surface area (Å²) in [5, 5.41) is 0. The first-order valence-corrected chi connectivity index (χ1v) is 4.12. The second kappa shape index (κ2) is 1.98. The maximum absolute atomic E-state index is 5.65. The van der Waals surface area contributed by atoms with E-state index in [4.69, 9.17) is 5.73 Å². The fourth-order valence-electron chi connectivity index (χ4n) is 1.82. The summed E-state index contributed by atoms with van der Waals surface area (Å²) in [6.45, 7) is 0.954. The van der Waals surface area contributed by atoms with E-state index in [0.29, 0.717) is 0 Å². The maximum Gasteiger partial charge on any atom is -0.00436 e. The SMILES string of the molecule is NCC(C1CC1)C1CC1. The number of rotatable bonds is 3. The summed E-state index contributed by atoms with van der Waals surface area (Å²) in [6, 6.07) is 0. The molecule has 1 nitrogen and oxygen atoms in total. The smallest absolute Gasteiger partial charge is 0.00436 e. The average molecular weight is 125 g/mol. The molecule has 9 heavy (non-hydrogen) atoms. The summed E-state index contributed by atoms with van der Waals surface area (Å²) in [6.07, 6.45) is 5.88. The van der Waals surface area contributed by atoms with Crippen molar-refractivity contribution in [2.75, 3.05) is 6.54 Å². The van der Waals surface area contributed by atoms with Crippen LogP contribution in [0.3, 0.4) is 0 Å². The van der Waals surface area contributed by atoms with Crippen molar-refractivity contribution < 1.29 is 0 Å². The fourth-order valence-corrected chi connectivity index (χ4v) is 1.82. The second-order valence-electron chi connectivity index (χ2n) is 3.57. The van der Waals surface area contributed by atoms with Crippen molar-refractivity contribution >= 4 is 0 Å². The highest BCUT2D eigenvalue weighted by Gasteiger charge is 2.40.